The maximum atomic E-state index is 12.6. The van der Waals surface area contributed by atoms with Gasteiger partial charge in [0.1, 0.15) is 0 Å². The van der Waals surface area contributed by atoms with E-state index < -0.39 is 5.60 Å². The molecule has 0 spiro atoms. The van der Waals surface area contributed by atoms with Gasteiger partial charge in [-0.2, -0.15) is 0 Å². The second-order valence-electron chi connectivity index (χ2n) is 9.28. The first kappa shape index (κ1) is 24.2. The first-order valence-corrected chi connectivity index (χ1v) is 12.0. The van der Waals surface area contributed by atoms with E-state index in [0.717, 1.165) is 31.9 Å². The molecule has 2 N–H and O–H groups in total. The normalized spacial score (nSPS) is 24.8. The molecule has 3 saturated heterocycles. The van der Waals surface area contributed by atoms with Crippen molar-refractivity contribution in [2.75, 3.05) is 88.9 Å². The minimum absolute atomic E-state index is 0.100. The van der Waals surface area contributed by atoms with E-state index in [9.17, 15) is 14.7 Å². The quantitative estimate of drug-likeness (QED) is 0.621. The van der Waals surface area contributed by atoms with Crippen LogP contribution < -0.4 is 10.2 Å². The molecule has 0 unspecified atom stereocenters. The van der Waals surface area contributed by atoms with Gasteiger partial charge in [0.05, 0.1) is 36.1 Å². The molecule has 4 rings (SSSR count). The van der Waals surface area contributed by atoms with Gasteiger partial charge in [0, 0.05) is 71.5 Å². The average Bonchev–Trinajstić information content (AvgIpc) is 3.14. The van der Waals surface area contributed by atoms with Crippen LogP contribution in [0.25, 0.3) is 0 Å². The third-order valence-electron chi connectivity index (χ3n) is 6.70. The van der Waals surface area contributed by atoms with Gasteiger partial charge >= 0.3 is 0 Å². The predicted molar refractivity (Wildman–Crippen MR) is 128 cm³/mol. The van der Waals surface area contributed by atoms with Gasteiger partial charge in [-0.3, -0.25) is 19.4 Å². The number of nitrogens with zero attached hydrogens (tertiary/aromatic N) is 4. The molecule has 0 radical (unpaired) electrons. The number of hydrogen-bond donors (Lipinski definition) is 2. The Morgan fingerprint density at radius 2 is 1.82 bits per heavy atom. The minimum atomic E-state index is -0.832. The summed E-state index contributed by atoms with van der Waals surface area (Å²) in [5, 5.41) is 14.6. The van der Waals surface area contributed by atoms with Crippen molar-refractivity contribution >= 4 is 34.8 Å². The third kappa shape index (κ3) is 6.36. The number of carbonyl (C=O) groups is 2. The summed E-state index contributed by atoms with van der Waals surface area (Å²) in [6.45, 7) is 9.43. The van der Waals surface area contributed by atoms with Gasteiger partial charge in [-0.1, -0.05) is 11.6 Å². The Morgan fingerprint density at radius 3 is 2.48 bits per heavy atom. The Hall–Kier alpha value is -1.91. The molecular formula is C23H34ClN5O4. The minimum Gasteiger partial charge on any atom is -0.387 e. The number of nitrogens with one attached hydrogen (secondary N) is 1. The van der Waals surface area contributed by atoms with Crippen LogP contribution in [0, 0.1) is 0 Å². The SMILES string of the molecule is CC(=O)N1CCN(C[C@]2(O)CCN(CC(=O)Nc3ccc(N4CCOCC4)c(Cl)c3)C2)CC1. The number of hydrogen-bond acceptors (Lipinski definition) is 7. The van der Waals surface area contributed by atoms with Gasteiger partial charge in [0.15, 0.2) is 0 Å². The topological polar surface area (TPSA) is 88.6 Å². The lowest BCUT2D eigenvalue weighted by Crippen LogP contribution is -2.53. The molecule has 0 saturated carbocycles. The molecule has 9 nitrogen and oxygen atoms in total. The van der Waals surface area contributed by atoms with Crippen molar-refractivity contribution in [2.45, 2.75) is 18.9 Å². The summed E-state index contributed by atoms with van der Waals surface area (Å²) >= 11 is 6.47. The molecule has 1 atom stereocenters. The van der Waals surface area contributed by atoms with Crippen LogP contribution in [-0.4, -0.2) is 116 Å². The number of anilines is 2. The highest BCUT2D eigenvalue weighted by molar-refractivity contribution is 6.33. The number of carbonyl (C=O) groups excluding carboxylic acids is 2. The van der Waals surface area contributed by atoms with E-state index in [-0.39, 0.29) is 18.4 Å². The van der Waals surface area contributed by atoms with Gasteiger partial charge in [0.25, 0.3) is 0 Å². The fourth-order valence-corrected chi connectivity index (χ4v) is 5.19. The highest BCUT2D eigenvalue weighted by atomic mass is 35.5. The van der Waals surface area contributed by atoms with Crippen LogP contribution in [0.3, 0.4) is 0 Å². The number of benzene rings is 1. The first-order chi connectivity index (χ1) is 15.8. The number of halogens is 1. The molecule has 10 heteroatoms. The number of aliphatic hydroxyl groups is 1. The maximum Gasteiger partial charge on any atom is 0.238 e. The van der Waals surface area contributed by atoms with E-state index in [2.05, 4.69) is 15.1 Å². The Kier molecular flexibility index (Phi) is 7.76. The fourth-order valence-electron chi connectivity index (χ4n) is 4.89. The van der Waals surface area contributed by atoms with Crippen molar-refractivity contribution in [2.24, 2.45) is 0 Å². The number of rotatable bonds is 6. The summed E-state index contributed by atoms with van der Waals surface area (Å²) in [6, 6.07) is 5.59. The molecule has 0 aliphatic carbocycles. The molecule has 3 aliphatic heterocycles. The highest BCUT2D eigenvalue weighted by Gasteiger charge is 2.38. The fraction of sp³-hybridized carbons (Fsp3) is 0.652. The summed E-state index contributed by atoms with van der Waals surface area (Å²) in [4.78, 5) is 32.3. The van der Waals surface area contributed by atoms with Gasteiger partial charge in [0.2, 0.25) is 11.8 Å². The van der Waals surface area contributed by atoms with E-state index in [1.807, 2.05) is 21.9 Å². The molecule has 1 aromatic rings. The Labute approximate surface area is 200 Å². The number of amides is 2. The molecule has 182 valence electrons. The summed E-state index contributed by atoms with van der Waals surface area (Å²) in [6.07, 6.45) is 0.632. The smallest absolute Gasteiger partial charge is 0.238 e. The van der Waals surface area contributed by atoms with Crippen LogP contribution in [0.5, 0.6) is 0 Å². The Bertz CT molecular complexity index is 857. The second-order valence-corrected chi connectivity index (χ2v) is 9.69. The van der Waals surface area contributed by atoms with Crippen molar-refractivity contribution in [1.29, 1.82) is 0 Å². The molecule has 0 aromatic heterocycles. The largest absolute Gasteiger partial charge is 0.387 e. The molecule has 0 bridgehead atoms. The maximum absolute atomic E-state index is 12.6. The summed E-state index contributed by atoms with van der Waals surface area (Å²) < 4.78 is 5.39. The van der Waals surface area contributed by atoms with Crippen molar-refractivity contribution in [3.05, 3.63) is 23.2 Å². The van der Waals surface area contributed by atoms with Crippen molar-refractivity contribution in [1.82, 2.24) is 14.7 Å². The Balaban J connectivity index is 1.24. The third-order valence-corrected chi connectivity index (χ3v) is 7.00. The van der Waals surface area contributed by atoms with Crippen LogP contribution >= 0.6 is 11.6 Å². The molecule has 1 aromatic carbocycles. The van der Waals surface area contributed by atoms with E-state index >= 15 is 0 Å². The van der Waals surface area contributed by atoms with Crippen molar-refractivity contribution in [3.63, 3.8) is 0 Å². The van der Waals surface area contributed by atoms with Crippen LogP contribution in [0.15, 0.2) is 18.2 Å². The predicted octanol–water partition coefficient (Wildman–Crippen LogP) is 0.716. The molecule has 3 fully saturated rings. The number of piperazine rings is 1. The van der Waals surface area contributed by atoms with E-state index in [1.165, 1.54) is 0 Å². The lowest BCUT2D eigenvalue weighted by molar-refractivity contribution is -0.130. The first-order valence-electron chi connectivity index (χ1n) is 11.7. The van der Waals surface area contributed by atoms with Crippen LogP contribution in [0.1, 0.15) is 13.3 Å². The van der Waals surface area contributed by atoms with Crippen LogP contribution in [-0.2, 0) is 14.3 Å². The molecule has 3 aliphatic rings. The molecule has 2 amide bonds. The van der Waals surface area contributed by atoms with E-state index in [1.54, 1.807) is 13.0 Å². The molecular weight excluding hydrogens is 446 g/mol. The van der Waals surface area contributed by atoms with Gasteiger partial charge in [-0.05, 0) is 24.6 Å². The number of ether oxygens (including phenoxy) is 1. The lowest BCUT2D eigenvalue weighted by Gasteiger charge is -2.38. The van der Waals surface area contributed by atoms with E-state index in [4.69, 9.17) is 16.3 Å². The van der Waals surface area contributed by atoms with Crippen molar-refractivity contribution < 1.29 is 19.4 Å². The Morgan fingerprint density at radius 1 is 1.09 bits per heavy atom. The summed E-state index contributed by atoms with van der Waals surface area (Å²) in [5.74, 6) is -0.0204. The second kappa shape index (κ2) is 10.6. The molecule has 33 heavy (non-hydrogen) atoms. The lowest BCUT2D eigenvalue weighted by atomic mass is 10.0. The van der Waals surface area contributed by atoms with E-state index in [0.29, 0.717) is 63.1 Å². The monoisotopic (exact) mass is 479 g/mol. The highest BCUT2D eigenvalue weighted by Crippen LogP contribution is 2.29. The van der Waals surface area contributed by atoms with Gasteiger partial charge in [-0.25, -0.2) is 0 Å². The van der Waals surface area contributed by atoms with Gasteiger partial charge < -0.3 is 25.0 Å². The number of morpholine rings is 1. The molecule has 3 heterocycles. The standard InChI is InChI=1S/C23H34ClN5O4/c1-18(30)28-8-6-26(7-9-28)16-23(32)4-5-27(17-23)15-22(31)25-19-2-3-21(20(24)14-19)29-10-12-33-13-11-29/h2-3,14,32H,4-13,15-17H2,1H3,(H,25,31)/t23-/m1/s1. The zero-order chi connectivity index (χ0) is 23.4. The zero-order valence-corrected chi connectivity index (χ0v) is 20.0. The summed E-state index contributed by atoms with van der Waals surface area (Å²) in [5.41, 5.74) is 0.786. The van der Waals surface area contributed by atoms with Crippen LogP contribution in [0.2, 0.25) is 5.02 Å². The average molecular weight is 480 g/mol. The zero-order valence-electron chi connectivity index (χ0n) is 19.3. The number of β-amino-alcohol motifs (C(OH)–C–C–N with tert-alkyl or cyclic N) is 1. The van der Waals surface area contributed by atoms with Crippen molar-refractivity contribution in [3.8, 4) is 0 Å². The van der Waals surface area contributed by atoms with Crippen LogP contribution in [0.4, 0.5) is 11.4 Å². The van der Waals surface area contributed by atoms with Gasteiger partial charge in [-0.15, -0.1) is 0 Å². The number of likely N-dealkylation sites (tertiary alicyclic amines) is 1. The summed E-state index contributed by atoms with van der Waals surface area (Å²) in [7, 11) is 0.